The van der Waals surface area contributed by atoms with E-state index < -0.39 is 10.0 Å². The molecule has 4 nitrogen and oxygen atoms in total. The van der Waals surface area contributed by atoms with E-state index >= 15 is 0 Å². The minimum atomic E-state index is -3.09. The fourth-order valence-corrected chi connectivity index (χ4v) is 4.48. The van der Waals surface area contributed by atoms with E-state index in [-0.39, 0.29) is 6.04 Å². The van der Waals surface area contributed by atoms with Crippen molar-refractivity contribution in [1.82, 2.24) is 9.62 Å². The molecule has 1 N–H and O–H groups in total. The predicted octanol–water partition coefficient (Wildman–Crippen LogP) is 2.18. The maximum Gasteiger partial charge on any atom is 0.208 e. The quantitative estimate of drug-likeness (QED) is 0.780. The minimum Gasteiger partial charge on any atom is -0.299 e. The van der Waals surface area contributed by atoms with Gasteiger partial charge in [0.2, 0.25) is 10.0 Å². The molecule has 0 aliphatic carbocycles. The second kappa shape index (κ2) is 7.63. The van der Waals surface area contributed by atoms with Gasteiger partial charge in [-0.3, -0.25) is 4.90 Å². The highest BCUT2D eigenvalue weighted by Crippen LogP contribution is 2.21. The molecule has 2 atom stereocenters. The van der Waals surface area contributed by atoms with Crippen LogP contribution in [-0.4, -0.2) is 50.5 Å². The molecule has 0 unspecified atom stereocenters. The molecular formula is C15H24N2O2S2. The van der Waals surface area contributed by atoms with E-state index in [0.29, 0.717) is 6.04 Å². The van der Waals surface area contributed by atoms with Gasteiger partial charge >= 0.3 is 0 Å². The van der Waals surface area contributed by atoms with Gasteiger partial charge in [0.05, 0.1) is 6.26 Å². The van der Waals surface area contributed by atoms with E-state index in [1.54, 1.807) is 0 Å². The number of hydrogen-bond acceptors (Lipinski definition) is 4. The van der Waals surface area contributed by atoms with Crippen molar-refractivity contribution in [2.45, 2.75) is 36.7 Å². The average molecular weight is 329 g/mol. The highest BCUT2D eigenvalue weighted by Gasteiger charge is 2.27. The molecular weight excluding hydrogens is 304 g/mol. The zero-order valence-electron chi connectivity index (χ0n) is 12.7. The fourth-order valence-electron chi connectivity index (χ4n) is 2.63. The van der Waals surface area contributed by atoms with Crippen LogP contribution in [0, 0.1) is 0 Å². The summed E-state index contributed by atoms with van der Waals surface area (Å²) in [6.07, 6.45) is 3.25. The number of benzene rings is 1. The highest BCUT2D eigenvalue weighted by atomic mass is 32.2. The van der Waals surface area contributed by atoms with Gasteiger partial charge in [0.15, 0.2) is 0 Å². The van der Waals surface area contributed by atoms with Gasteiger partial charge in [-0.2, -0.15) is 0 Å². The van der Waals surface area contributed by atoms with Gasteiger partial charge in [0, 0.05) is 30.1 Å². The zero-order valence-corrected chi connectivity index (χ0v) is 14.3. The summed E-state index contributed by atoms with van der Waals surface area (Å²) in [5.74, 6) is 1.09. The second-order valence-electron chi connectivity index (χ2n) is 5.67. The molecule has 2 rings (SSSR count). The number of nitrogens with one attached hydrogen (secondary N) is 1. The first-order chi connectivity index (χ1) is 9.94. The standard InChI is InChI=1S/C15H24N2O2S2/c1-13(9-11-20-15-6-4-3-5-7-15)17-10-8-14(12-17)16-21(2,18)19/h3-7,13-14,16H,8-12H2,1-2H3/t13-,14+/m1/s1. The molecule has 1 saturated heterocycles. The Hall–Kier alpha value is -0.560. The summed E-state index contributed by atoms with van der Waals surface area (Å²) >= 11 is 1.88. The maximum absolute atomic E-state index is 11.3. The van der Waals surface area contributed by atoms with Gasteiger partial charge < -0.3 is 0 Å². The van der Waals surface area contributed by atoms with Crippen molar-refractivity contribution in [3.05, 3.63) is 30.3 Å². The first-order valence-corrected chi connectivity index (χ1v) is 10.2. The number of rotatable bonds is 7. The molecule has 0 radical (unpaired) electrons. The van der Waals surface area contributed by atoms with Gasteiger partial charge in [0.25, 0.3) is 0 Å². The van der Waals surface area contributed by atoms with E-state index in [1.807, 2.05) is 17.8 Å². The third kappa shape index (κ3) is 5.98. The lowest BCUT2D eigenvalue weighted by Gasteiger charge is -2.24. The van der Waals surface area contributed by atoms with E-state index in [0.717, 1.165) is 31.7 Å². The minimum absolute atomic E-state index is 0.0734. The first kappa shape index (κ1) is 16.8. The van der Waals surface area contributed by atoms with Crippen LogP contribution in [0.1, 0.15) is 19.8 Å². The van der Waals surface area contributed by atoms with E-state index in [9.17, 15) is 8.42 Å². The predicted molar refractivity (Wildman–Crippen MR) is 89.2 cm³/mol. The molecule has 1 aliphatic rings. The molecule has 118 valence electrons. The monoisotopic (exact) mass is 328 g/mol. The molecule has 1 fully saturated rings. The van der Waals surface area contributed by atoms with E-state index in [2.05, 4.69) is 40.8 Å². The summed E-state index contributed by atoms with van der Waals surface area (Å²) in [6, 6.07) is 11.0. The lowest BCUT2D eigenvalue weighted by atomic mass is 10.2. The summed E-state index contributed by atoms with van der Waals surface area (Å²) in [6.45, 7) is 4.03. The van der Waals surface area contributed by atoms with Crippen LogP contribution in [0.5, 0.6) is 0 Å². The van der Waals surface area contributed by atoms with Gasteiger partial charge in [-0.25, -0.2) is 13.1 Å². The van der Waals surface area contributed by atoms with Crippen LogP contribution >= 0.6 is 11.8 Å². The summed E-state index contributed by atoms with van der Waals surface area (Å²) in [5, 5.41) is 0. The SMILES string of the molecule is C[C@H](CCSc1ccccc1)N1CC[C@H](NS(C)(=O)=O)C1. The Kier molecular flexibility index (Phi) is 6.10. The van der Waals surface area contributed by atoms with E-state index in [1.165, 1.54) is 11.2 Å². The summed E-state index contributed by atoms with van der Waals surface area (Å²) < 4.78 is 25.2. The molecule has 1 aliphatic heterocycles. The maximum atomic E-state index is 11.3. The van der Waals surface area contributed by atoms with Crippen LogP contribution in [0.3, 0.4) is 0 Å². The first-order valence-electron chi connectivity index (χ1n) is 7.33. The Morgan fingerprint density at radius 1 is 1.38 bits per heavy atom. The molecule has 0 aromatic heterocycles. The third-order valence-corrected chi connectivity index (χ3v) is 5.58. The van der Waals surface area contributed by atoms with Gasteiger partial charge in [-0.15, -0.1) is 11.8 Å². The van der Waals surface area contributed by atoms with Crippen LogP contribution in [0.15, 0.2) is 35.2 Å². The largest absolute Gasteiger partial charge is 0.299 e. The normalized spacial score (nSPS) is 21.5. The Morgan fingerprint density at radius 3 is 2.76 bits per heavy atom. The van der Waals surface area contributed by atoms with Crippen LogP contribution in [0.2, 0.25) is 0 Å². The van der Waals surface area contributed by atoms with Crippen LogP contribution in [-0.2, 0) is 10.0 Å². The summed E-state index contributed by atoms with van der Waals surface area (Å²) in [7, 11) is -3.09. The Labute approximate surface area is 132 Å². The molecule has 1 aromatic rings. The number of likely N-dealkylation sites (tertiary alicyclic amines) is 1. The average Bonchev–Trinajstić information content (AvgIpc) is 2.86. The van der Waals surface area contributed by atoms with Crippen molar-refractivity contribution in [2.75, 3.05) is 25.1 Å². The summed E-state index contributed by atoms with van der Waals surface area (Å²) in [4.78, 5) is 3.69. The number of sulfonamides is 1. The third-order valence-electron chi connectivity index (χ3n) is 3.77. The molecule has 1 heterocycles. The Bertz CT molecular complexity index is 534. The zero-order chi connectivity index (χ0) is 15.3. The van der Waals surface area contributed by atoms with E-state index in [4.69, 9.17) is 0 Å². The molecule has 6 heteroatoms. The van der Waals surface area contributed by atoms with Crippen molar-refractivity contribution in [3.63, 3.8) is 0 Å². The van der Waals surface area contributed by atoms with Crippen molar-refractivity contribution < 1.29 is 8.42 Å². The fraction of sp³-hybridized carbons (Fsp3) is 0.600. The van der Waals surface area contributed by atoms with Gasteiger partial charge in [0.1, 0.15) is 0 Å². The number of nitrogens with zero attached hydrogens (tertiary/aromatic N) is 1. The lowest BCUT2D eigenvalue weighted by molar-refractivity contribution is 0.250. The van der Waals surface area contributed by atoms with Crippen LogP contribution in [0.4, 0.5) is 0 Å². The van der Waals surface area contributed by atoms with Crippen molar-refractivity contribution in [3.8, 4) is 0 Å². The van der Waals surface area contributed by atoms with Gasteiger partial charge in [-0.1, -0.05) is 18.2 Å². The lowest BCUT2D eigenvalue weighted by Crippen LogP contribution is -2.38. The molecule has 0 bridgehead atoms. The molecule has 1 aromatic carbocycles. The number of hydrogen-bond donors (Lipinski definition) is 1. The summed E-state index contributed by atoms with van der Waals surface area (Å²) in [5.41, 5.74) is 0. The molecule has 0 spiro atoms. The Balaban J connectivity index is 1.71. The molecule has 0 amide bonds. The topological polar surface area (TPSA) is 49.4 Å². The second-order valence-corrected chi connectivity index (χ2v) is 8.62. The highest BCUT2D eigenvalue weighted by molar-refractivity contribution is 7.99. The van der Waals surface area contributed by atoms with Crippen LogP contribution in [0.25, 0.3) is 0 Å². The van der Waals surface area contributed by atoms with Crippen molar-refractivity contribution >= 4 is 21.8 Å². The van der Waals surface area contributed by atoms with Gasteiger partial charge in [-0.05, 0) is 37.7 Å². The van der Waals surface area contributed by atoms with Crippen LogP contribution < -0.4 is 4.72 Å². The number of thioether (sulfide) groups is 1. The van der Waals surface area contributed by atoms with Crippen molar-refractivity contribution in [1.29, 1.82) is 0 Å². The smallest absolute Gasteiger partial charge is 0.208 e. The molecule has 21 heavy (non-hydrogen) atoms. The molecule has 0 saturated carbocycles. The van der Waals surface area contributed by atoms with Crippen molar-refractivity contribution in [2.24, 2.45) is 0 Å². The Morgan fingerprint density at radius 2 is 2.10 bits per heavy atom.